The number of imidazole rings is 1. The lowest BCUT2D eigenvalue weighted by Gasteiger charge is -2.08. The lowest BCUT2D eigenvalue weighted by molar-refractivity contribution is 0.0947. The van der Waals surface area contributed by atoms with E-state index in [1.807, 2.05) is 23.7 Å². The molecule has 0 aliphatic heterocycles. The van der Waals surface area contributed by atoms with Gasteiger partial charge in [-0.1, -0.05) is 0 Å². The highest BCUT2D eigenvalue weighted by molar-refractivity contribution is 5.96. The summed E-state index contributed by atoms with van der Waals surface area (Å²) < 4.78 is 7.02. The first kappa shape index (κ1) is 14.0. The average Bonchev–Trinajstić information content (AvgIpc) is 2.95. The molecule has 0 aliphatic rings. The molecule has 3 aromatic rings. The van der Waals surface area contributed by atoms with E-state index in [2.05, 4.69) is 20.3 Å². The maximum Gasteiger partial charge on any atom is 0.255 e. The number of carbonyl (C=O) groups excluding carboxylic acids is 1. The summed E-state index contributed by atoms with van der Waals surface area (Å²) in [6, 6.07) is 1.70. The molecule has 0 unspecified atom stereocenters. The Hall–Kier alpha value is -2.96. The summed E-state index contributed by atoms with van der Waals surface area (Å²) in [6.45, 7) is 2.15. The van der Waals surface area contributed by atoms with E-state index in [0.717, 1.165) is 17.0 Å². The Labute approximate surface area is 127 Å². The van der Waals surface area contributed by atoms with Gasteiger partial charge in [-0.25, -0.2) is 4.98 Å². The third-order valence-electron chi connectivity index (χ3n) is 3.21. The van der Waals surface area contributed by atoms with Crippen molar-refractivity contribution in [2.24, 2.45) is 0 Å². The second kappa shape index (κ2) is 5.80. The average molecular weight is 297 g/mol. The van der Waals surface area contributed by atoms with Gasteiger partial charge in [0.05, 0.1) is 37.3 Å². The summed E-state index contributed by atoms with van der Waals surface area (Å²) in [5.74, 6) is 0.222. The van der Waals surface area contributed by atoms with Crippen molar-refractivity contribution in [1.29, 1.82) is 0 Å². The fraction of sp³-hybridized carbons (Fsp3) is 0.200. The number of aryl methyl sites for hydroxylation is 1. The lowest BCUT2D eigenvalue weighted by atomic mass is 10.2. The van der Waals surface area contributed by atoms with Crippen LogP contribution >= 0.6 is 0 Å². The van der Waals surface area contributed by atoms with Crippen LogP contribution in [0.3, 0.4) is 0 Å². The first-order valence-electron chi connectivity index (χ1n) is 6.74. The van der Waals surface area contributed by atoms with Crippen LogP contribution in [0.2, 0.25) is 0 Å². The maximum absolute atomic E-state index is 12.3. The zero-order valence-corrected chi connectivity index (χ0v) is 12.3. The molecule has 0 bridgehead atoms. The van der Waals surface area contributed by atoms with Crippen molar-refractivity contribution in [3.8, 4) is 5.75 Å². The van der Waals surface area contributed by atoms with Gasteiger partial charge in [0.1, 0.15) is 5.75 Å². The van der Waals surface area contributed by atoms with E-state index in [0.29, 0.717) is 17.9 Å². The van der Waals surface area contributed by atoms with E-state index in [9.17, 15) is 4.79 Å². The Morgan fingerprint density at radius 2 is 2.27 bits per heavy atom. The van der Waals surface area contributed by atoms with Gasteiger partial charge in [0.15, 0.2) is 5.65 Å². The molecule has 3 heterocycles. The number of hydrogen-bond acceptors (Lipinski definition) is 5. The normalized spacial score (nSPS) is 10.6. The van der Waals surface area contributed by atoms with Crippen LogP contribution in [0.4, 0.5) is 0 Å². The molecule has 0 saturated heterocycles. The minimum absolute atomic E-state index is 0.225. The van der Waals surface area contributed by atoms with Crippen molar-refractivity contribution >= 4 is 11.6 Å². The van der Waals surface area contributed by atoms with Gasteiger partial charge in [0, 0.05) is 24.3 Å². The highest BCUT2D eigenvalue weighted by Gasteiger charge is 2.13. The summed E-state index contributed by atoms with van der Waals surface area (Å²) in [6.07, 6.45) is 8.55. The number of nitrogens with zero attached hydrogens (tertiary/aromatic N) is 4. The van der Waals surface area contributed by atoms with E-state index in [1.54, 1.807) is 24.7 Å². The Morgan fingerprint density at radius 3 is 3.05 bits per heavy atom. The fourth-order valence-corrected chi connectivity index (χ4v) is 2.13. The van der Waals surface area contributed by atoms with Crippen LogP contribution in [0, 0.1) is 6.92 Å². The van der Waals surface area contributed by atoms with Crippen LogP contribution < -0.4 is 10.1 Å². The largest absolute Gasteiger partial charge is 0.494 e. The van der Waals surface area contributed by atoms with Crippen molar-refractivity contribution in [2.75, 3.05) is 7.11 Å². The second-order valence-corrected chi connectivity index (χ2v) is 4.78. The van der Waals surface area contributed by atoms with Crippen molar-refractivity contribution in [3.63, 3.8) is 0 Å². The zero-order valence-electron chi connectivity index (χ0n) is 12.3. The van der Waals surface area contributed by atoms with E-state index >= 15 is 0 Å². The molecule has 3 aromatic heterocycles. The van der Waals surface area contributed by atoms with Crippen LogP contribution in [0.15, 0.2) is 37.1 Å². The molecular formula is C15H15N5O2. The SMILES string of the molecule is COc1cnc(C)cc1C(=O)NCc1cn2ccncc2n1. The molecule has 0 aliphatic carbocycles. The zero-order chi connectivity index (χ0) is 15.5. The first-order valence-corrected chi connectivity index (χ1v) is 6.74. The predicted molar refractivity (Wildman–Crippen MR) is 79.7 cm³/mol. The number of carbonyl (C=O) groups is 1. The molecule has 112 valence electrons. The number of aromatic nitrogens is 4. The van der Waals surface area contributed by atoms with Crippen molar-refractivity contribution in [3.05, 3.63) is 54.0 Å². The summed E-state index contributed by atoms with van der Waals surface area (Å²) >= 11 is 0. The molecule has 0 atom stereocenters. The van der Waals surface area contributed by atoms with Crippen LogP contribution in [-0.2, 0) is 6.54 Å². The summed E-state index contributed by atoms with van der Waals surface area (Å²) in [5.41, 5.74) is 2.71. The number of ether oxygens (including phenoxy) is 1. The molecule has 0 radical (unpaired) electrons. The predicted octanol–water partition coefficient (Wildman–Crippen LogP) is 1.37. The number of hydrogen-bond donors (Lipinski definition) is 1. The molecule has 1 amide bonds. The molecule has 0 aromatic carbocycles. The number of nitrogens with one attached hydrogen (secondary N) is 1. The van der Waals surface area contributed by atoms with Gasteiger partial charge in [0.25, 0.3) is 5.91 Å². The van der Waals surface area contributed by atoms with E-state index in [-0.39, 0.29) is 5.91 Å². The summed E-state index contributed by atoms with van der Waals surface area (Å²) in [7, 11) is 1.51. The Balaban J connectivity index is 1.76. The first-order chi connectivity index (χ1) is 10.7. The highest BCUT2D eigenvalue weighted by Crippen LogP contribution is 2.17. The molecule has 3 rings (SSSR count). The second-order valence-electron chi connectivity index (χ2n) is 4.78. The van der Waals surface area contributed by atoms with Crippen molar-refractivity contribution in [2.45, 2.75) is 13.5 Å². The summed E-state index contributed by atoms with van der Waals surface area (Å²) in [4.78, 5) is 24.8. The van der Waals surface area contributed by atoms with E-state index in [4.69, 9.17) is 4.74 Å². The molecule has 7 heteroatoms. The van der Waals surface area contributed by atoms with Gasteiger partial charge >= 0.3 is 0 Å². The quantitative estimate of drug-likeness (QED) is 0.786. The molecule has 0 fully saturated rings. The standard InChI is InChI=1S/C15H15N5O2/c1-10-5-12(13(22-2)7-17-10)15(21)18-6-11-9-20-4-3-16-8-14(20)19-11/h3-5,7-9H,6H2,1-2H3,(H,18,21). The summed E-state index contributed by atoms with van der Waals surface area (Å²) in [5, 5.41) is 2.84. The molecule has 0 spiro atoms. The molecule has 22 heavy (non-hydrogen) atoms. The molecular weight excluding hydrogens is 282 g/mol. The third-order valence-corrected chi connectivity index (χ3v) is 3.21. The van der Waals surface area contributed by atoms with E-state index in [1.165, 1.54) is 7.11 Å². The van der Waals surface area contributed by atoms with Crippen LogP contribution in [0.25, 0.3) is 5.65 Å². The maximum atomic E-state index is 12.3. The fourth-order valence-electron chi connectivity index (χ4n) is 2.13. The molecule has 7 nitrogen and oxygen atoms in total. The van der Waals surface area contributed by atoms with Gasteiger partial charge in [-0.15, -0.1) is 0 Å². The smallest absolute Gasteiger partial charge is 0.255 e. The van der Waals surface area contributed by atoms with Crippen LogP contribution in [0.1, 0.15) is 21.7 Å². The van der Waals surface area contributed by atoms with Crippen LogP contribution in [-0.4, -0.2) is 32.4 Å². The van der Waals surface area contributed by atoms with Gasteiger partial charge in [0.2, 0.25) is 0 Å². The molecule has 1 N–H and O–H groups in total. The van der Waals surface area contributed by atoms with Crippen LogP contribution in [0.5, 0.6) is 5.75 Å². The van der Waals surface area contributed by atoms with E-state index < -0.39 is 0 Å². The Morgan fingerprint density at radius 1 is 1.41 bits per heavy atom. The number of rotatable bonds is 4. The number of fused-ring (bicyclic) bond motifs is 1. The number of methoxy groups -OCH3 is 1. The minimum atomic E-state index is -0.225. The topological polar surface area (TPSA) is 81.4 Å². The van der Waals surface area contributed by atoms with Gasteiger partial charge in [-0.05, 0) is 13.0 Å². The van der Waals surface area contributed by atoms with Gasteiger partial charge in [-0.3, -0.25) is 14.8 Å². The highest BCUT2D eigenvalue weighted by atomic mass is 16.5. The Bertz CT molecular complexity index is 795. The molecule has 0 saturated carbocycles. The Kier molecular flexibility index (Phi) is 3.69. The van der Waals surface area contributed by atoms with Gasteiger partial charge in [-0.2, -0.15) is 0 Å². The number of amides is 1. The van der Waals surface area contributed by atoms with Gasteiger partial charge < -0.3 is 14.5 Å². The van der Waals surface area contributed by atoms with Crippen molar-refractivity contribution in [1.82, 2.24) is 24.7 Å². The monoisotopic (exact) mass is 297 g/mol. The third kappa shape index (κ3) is 2.73. The van der Waals surface area contributed by atoms with Crippen molar-refractivity contribution < 1.29 is 9.53 Å². The minimum Gasteiger partial charge on any atom is -0.494 e. The number of pyridine rings is 1. The lowest BCUT2D eigenvalue weighted by Crippen LogP contribution is -2.23.